The molecular formula is C24H25N3O3S. The Bertz CT molecular complexity index is 1100. The molecule has 2 aromatic carbocycles. The number of allylic oxidation sites excluding steroid dienone is 3. The molecule has 3 rings (SSSR count). The topological polar surface area (TPSA) is 88.6 Å². The molecular weight excluding hydrogens is 410 g/mol. The molecule has 160 valence electrons. The average molecular weight is 436 g/mol. The fourth-order valence-electron chi connectivity index (χ4n) is 3.96. The minimum Gasteiger partial charge on any atom is -0.496 e. The molecule has 0 fully saturated rings. The summed E-state index contributed by atoms with van der Waals surface area (Å²) in [6.45, 7) is 3.82. The fourth-order valence-corrected chi connectivity index (χ4v) is 4.91. The summed E-state index contributed by atoms with van der Waals surface area (Å²) in [6.07, 6.45) is 0. The molecule has 2 N–H and O–H groups in total. The number of thioether (sulfide) groups is 1. The van der Waals surface area contributed by atoms with Crippen molar-refractivity contribution in [1.82, 2.24) is 4.90 Å². The third kappa shape index (κ3) is 3.99. The number of primary amides is 1. The summed E-state index contributed by atoms with van der Waals surface area (Å²) >= 11 is 1.42. The lowest BCUT2D eigenvalue weighted by atomic mass is 9.78. The summed E-state index contributed by atoms with van der Waals surface area (Å²) in [5.74, 6) is 1.53. The van der Waals surface area contributed by atoms with Crippen LogP contribution in [0.1, 0.15) is 30.9 Å². The van der Waals surface area contributed by atoms with E-state index >= 15 is 0 Å². The zero-order valence-corrected chi connectivity index (χ0v) is 18.8. The molecule has 0 radical (unpaired) electrons. The van der Waals surface area contributed by atoms with Crippen LogP contribution in [-0.4, -0.2) is 30.9 Å². The number of methoxy groups -OCH3 is 2. The summed E-state index contributed by atoms with van der Waals surface area (Å²) < 4.78 is 11.3. The number of para-hydroxylation sites is 2. The van der Waals surface area contributed by atoms with Crippen LogP contribution in [0.5, 0.6) is 11.5 Å². The molecule has 0 aromatic heterocycles. The predicted octanol–water partition coefficient (Wildman–Crippen LogP) is 5.10. The standard InChI is InChI=1S/C24H25N3O3S/c1-5-31-23-18(14-25)22(17-11-7-9-13-20(17)30-4)21(15(2)27(23)24(26)28)16-10-6-8-12-19(16)29-3/h6-13,22H,5H2,1-4H3,(H2,26,28). The van der Waals surface area contributed by atoms with Crippen molar-refractivity contribution >= 4 is 23.4 Å². The van der Waals surface area contributed by atoms with Crippen molar-refractivity contribution in [2.45, 2.75) is 19.8 Å². The van der Waals surface area contributed by atoms with Crippen LogP contribution in [0.3, 0.4) is 0 Å². The van der Waals surface area contributed by atoms with Gasteiger partial charge in [-0.25, -0.2) is 4.79 Å². The summed E-state index contributed by atoms with van der Waals surface area (Å²) in [6, 6.07) is 16.9. The quantitative estimate of drug-likeness (QED) is 0.682. The fraction of sp³-hybridized carbons (Fsp3) is 0.250. The minimum absolute atomic E-state index is 0.446. The van der Waals surface area contributed by atoms with E-state index in [-0.39, 0.29) is 0 Å². The van der Waals surface area contributed by atoms with Gasteiger partial charge in [0.05, 0.1) is 36.8 Å². The Morgan fingerprint density at radius 3 is 2.32 bits per heavy atom. The number of nitriles is 1. The van der Waals surface area contributed by atoms with Crippen LogP contribution in [0.2, 0.25) is 0 Å². The lowest BCUT2D eigenvalue weighted by Crippen LogP contribution is -2.37. The van der Waals surface area contributed by atoms with Crippen molar-refractivity contribution in [3.8, 4) is 17.6 Å². The van der Waals surface area contributed by atoms with Crippen LogP contribution in [0, 0.1) is 11.3 Å². The number of hydrogen-bond donors (Lipinski definition) is 1. The van der Waals surface area contributed by atoms with Gasteiger partial charge < -0.3 is 15.2 Å². The second-order valence-corrected chi connectivity index (χ2v) is 8.06. The van der Waals surface area contributed by atoms with Crippen LogP contribution >= 0.6 is 11.8 Å². The van der Waals surface area contributed by atoms with E-state index in [1.165, 1.54) is 16.7 Å². The SMILES string of the molecule is CCSC1=C(C#N)C(c2ccccc2OC)C(c2ccccc2OC)=C(C)N1C(N)=O. The molecule has 0 spiro atoms. The van der Waals surface area contributed by atoms with Crippen LogP contribution < -0.4 is 15.2 Å². The first-order chi connectivity index (χ1) is 15.0. The summed E-state index contributed by atoms with van der Waals surface area (Å²) in [5, 5.41) is 10.8. The zero-order chi connectivity index (χ0) is 22.5. The minimum atomic E-state index is -0.632. The smallest absolute Gasteiger partial charge is 0.324 e. The van der Waals surface area contributed by atoms with Crippen LogP contribution in [0.25, 0.3) is 5.57 Å². The molecule has 0 saturated carbocycles. The molecule has 6 nitrogen and oxygen atoms in total. The molecule has 1 atom stereocenters. The monoisotopic (exact) mass is 435 g/mol. The van der Waals surface area contributed by atoms with E-state index in [1.54, 1.807) is 14.2 Å². The maximum Gasteiger partial charge on any atom is 0.324 e. The first-order valence-corrected chi connectivity index (χ1v) is 10.8. The van der Waals surface area contributed by atoms with E-state index in [4.69, 9.17) is 15.2 Å². The van der Waals surface area contributed by atoms with Gasteiger partial charge in [-0.2, -0.15) is 5.26 Å². The van der Waals surface area contributed by atoms with E-state index in [9.17, 15) is 10.1 Å². The van der Waals surface area contributed by atoms with Crippen molar-refractivity contribution < 1.29 is 14.3 Å². The van der Waals surface area contributed by atoms with Gasteiger partial charge in [-0.15, -0.1) is 11.8 Å². The van der Waals surface area contributed by atoms with Crippen LogP contribution in [0.4, 0.5) is 4.79 Å². The van der Waals surface area contributed by atoms with Crippen molar-refractivity contribution in [3.05, 3.63) is 76.0 Å². The highest BCUT2D eigenvalue weighted by Crippen LogP contribution is 2.51. The number of carbonyl (C=O) groups excluding carboxylic acids is 1. The van der Waals surface area contributed by atoms with E-state index in [0.29, 0.717) is 33.6 Å². The van der Waals surface area contributed by atoms with Gasteiger partial charge in [-0.1, -0.05) is 43.3 Å². The van der Waals surface area contributed by atoms with Crippen molar-refractivity contribution in [2.24, 2.45) is 5.73 Å². The van der Waals surface area contributed by atoms with Crippen molar-refractivity contribution in [3.63, 3.8) is 0 Å². The normalized spacial score (nSPS) is 16.2. The van der Waals surface area contributed by atoms with Gasteiger partial charge in [0.25, 0.3) is 0 Å². The molecule has 1 unspecified atom stereocenters. The average Bonchev–Trinajstić information content (AvgIpc) is 2.78. The van der Waals surface area contributed by atoms with Gasteiger partial charge in [0, 0.05) is 16.8 Å². The molecule has 1 aliphatic rings. The molecule has 2 amide bonds. The third-order valence-electron chi connectivity index (χ3n) is 5.21. The number of hydrogen-bond acceptors (Lipinski definition) is 5. The van der Waals surface area contributed by atoms with Crippen LogP contribution in [0.15, 0.2) is 64.8 Å². The number of nitrogens with zero attached hydrogens (tertiary/aromatic N) is 2. The summed E-state index contributed by atoms with van der Waals surface area (Å²) in [4.78, 5) is 13.9. The number of amides is 2. The number of carbonyl (C=O) groups is 1. The maximum atomic E-state index is 12.5. The lowest BCUT2D eigenvalue weighted by molar-refractivity contribution is 0.231. The molecule has 0 saturated heterocycles. The van der Waals surface area contributed by atoms with Crippen LogP contribution in [-0.2, 0) is 0 Å². The number of urea groups is 1. The molecule has 2 aromatic rings. The highest BCUT2D eigenvalue weighted by Gasteiger charge is 2.39. The van der Waals surface area contributed by atoms with E-state index in [2.05, 4.69) is 6.07 Å². The Labute approximate surface area is 186 Å². The Balaban J connectivity index is 2.43. The molecule has 31 heavy (non-hydrogen) atoms. The largest absolute Gasteiger partial charge is 0.496 e. The second-order valence-electron chi connectivity index (χ2n) is 6.81. The number of nitrogens with two attached hydrogens (primary N) is 1. The molecule has 1 heterocycles. The van der Waals surface area contributed by atoms with Gasteiger partial charge in [0.15, 0.2) is 0 Å². The van der Waals surface area contributed by atoms with Gasteiger partial charge >= 0.3 is 6.03 Å². The molecule has 0 aliphatic carbocycles. The van der Waals surface area contributed by atoms with Gasteiger partial charge in [0.1, 0.15) is 11.5 Å². The second kappa shape index (κ2) is 9.63. The first kappa shape index (κ1) is 22.3. The third-order valence-corrected chi connectivity index (χ3v) is 6.17. The van der Waals surface area contributed by atoms with E-state index < -0.39 is 11.9 Å². The number of benzene rings is 2. The summed E-state index contributed by atoms with van der Waals surface area (Å²) in [5.41, 5.74) is 9.29. The molecule has 1 aliphatic heterocycles. The highest BCUT2D eigenvalue weighted by molar-refractivity contribution is 8.03. The lowest BCUT2D eigenvalue weighted by Gasteiger charge is -2.37. The van der Waals surface area contributed by atoms with E-state index in [0.717, 1.165) is 16.7 Å². The van der Waals surface area contributed by atoms with E-state index in [1.807, 2.05) is 62.4 Å². The summed E-state index contributed by atoms with van der Waals surface area (Å²) in [7, 11) is 3.20. The zero-order valence-electron chi connectivity index (χ0n) is 18.0. The Hall–Kier alpha value is -3.37. The number of ether oxygens (including phenoxy) is 2. The molecule has 7 heteroatoms. The van der Waals surface area contributed by atoms with Crippen molar-refractivity contribution in [2.75, 3.05) is 20.0 Å². The Kier molecular flexibility index (Phi) is 6.93. The first-order valence-electron chi connectivity index (χ1n) is 9.83. The van der Waals surface area contributed by atoms with Gasteiger partial charge in [0.2, 0.25) is 0 Å². The predicted molar refractivity (Wildman–Crippen MR) is 124 cm³/mol. The van der Waals surface area contributed by atoms with Gasteiger partial charge in [-0.05, 0) is 30.4 Å². The number of rotatable bonds is 6. The Morgan fingerprint density at radius 2 is 1.74 bits per heavy atom. The maximum absolute atomic E-state index is 12.5. The Morgan fingerprint density at radius 1 is 1.13 bits per heavy atom. The molecule has 0 bridgehead atoms. The van der Waals surface area contributed by atoms with Crippen molar-refractivity contribution in [1.29, 1.82) is 5.26 Å². The van der Waals surface area contributed by atoms with Gasteiger partial charge in [-0.3, -0.25) is 4.90 Å². The highest BCUT2D eigenvalue weighted by atomic mass is 32.2.